The number of rotatable bonds is 8. The molecule has 0 atom stereocenters. The molecule has 0 aliphatic rings. The average molecular weight is 368 g/mol. The minimum atomic E-state index is -0.213. The first kappa shape index (κ1) is 20.5. The van der Waals surface area contributed by atoms with Crippen LogP contribution < -0.4 is 15.0 Å². The van der Waals surface area contributed by atoms with Gasteiger partial charge in [0.2, 0.25) is 11.8 Å². The molecule has 2 rings (SSSR count). The lowest BCUT2D eigenvalue weighted by atomic mass is 10.0. The third kappa shape index (κ3) is 5.33. The Morgan fingerprint density at radius 2 is 1.56 bits per heavy atom. The summed E-state index contributed by atoms with van der Waals surface area (Å²) in [7, 11) is 0. The highest BCUT2D eigenvalue weighted by molar-refractivity contribution is 6.02. The SMILES string of the molecule is CCOc1ccc(N(CC(=O)Nc2c(CC)cccc2CC)C(C)=O)cc1. The number of amides is 2. The smallest absolute Gasteiger partial charge is 0.244 e. The predicted octanol–water partition coefficient (Wildman–Crippen LogP) is 4.20. The van der Waals surface area contributed by atoms with Crippen molar-refractivity contribution in [2.45, 2.75) is 40.5 Å². The van der Waals surface area contributed by atoms with Gasteiger partial charge in [-0.2, -0.15) is 0 Å². The van der Waals surface area contributed by atoms with Crippen LogP contribution in [0.3, 0.4) is 0 Å². The number of carbonyl (C=O) groups is 2. The second-order valence-corrected chi connectivity index (χ2v) is 6.24. The summed E-state index contributed by atoms with van der Waals surface area (Å²) in [5.41, 5.74) is 3.72. The minimum absolute atomic E-state index is 0.0372. The van der Waals surface area contributed by atoms with Crippen LogP contribution in [0.2, 0.25) is 0 Å². The van der Waals surface area contributed by atoms with Crippen LogP contribution in [0, 0.1) is 0 Å². The van der Waals surface area contributed by atoms with E-state index in [2.05, 4.69) is 19.2 Å². The number of para-hydroxylation sites is 1. The fourth-order valence-electron chi connectivity index (χ4n) is 3.00. The van der Waals surface area contributed by atoms with Crippen LogP contribution in [0.5, 0.6) is 5.75 Å². The molecule has 0 radical (unpaired) electrons. The van der Waals surface area contributed by atoms with E-state index in [1.54, 1.807) is 24.3 Å². The Hall–Kier alpha value is -2.82. The van der Waals surface area contributed by atoms with Crippen molar-refractivity contribution in [2.75, 3.05) is 23.4 Å². The van der Waals surface area contributed by atoms with Gasteiger partial charge in [0.1, 0.15) is 12.3 Å². The van der Waals surface area contributed by atoms with Gasteiger partial charge in [-0.15, -0.1) is 0 Å². The number of benzene rings is 2. The van der Waals surface area contributed by atoms with E-state index in [9.17, 15) is 9.59 Å². The summed E-state index contributed by atoms with van der Waals surface area (Å²) < 4.78 is 5.43. The van der Waals surface area contributed by atoms with Gasteiger partial charge in [-0.05, 0) is 55.2 Å². The molecule has 0 saturated heterocycles. The first-order chi connectivity index (χ1) is 13.0. The summed E-state index contributed by atoms with van der Waals surface area (Å²) in [6.07, 6.45) is 1.66. The molecule has 1 N–H and O–H groups in total. The van der Waals surface area contributed by atoms with Gasteiger partial charge >= 0.3 is 0 Å². The number of anilines is 2. The average Bonchev–Trinajstić information content (AvgIpc) is 2.67. The summed E-state index contributed by atoms with van der Waals surface area (Å²) in [4.78, 5) is 26.2. The molecular weight excluding hydrogens is 340 g/mol. The molecule has 0 saturated carbocycles. The summed E-state index contributed by atoms with van der Waals surface area (Å²) in [6, 6.07) is 13.2. The van der Waals surface area contributed by atoms with Crippen molar-refractivity contribution in [1.29, 1.82) is 0 Å². The number of ether oxygens (including phenoxy) is 1. The van der Waals surface area contributed by atoms with Gasteiger partial charge in [0, 0.05) is 18.3 Å². The first-order valence-corrected chi connectivity index (χ1v) is 9.41. The van der Waals surface area contributed by atoms with Gasteiger partial charge in [-0.1, -0.05) is 32.0 Å². The summed E-state index contributed by atoms with van der Waals surface area (Å²) in [5, 5.41) is 3.01. The zero-order chi connectivity index (χ0) is 19.8. The Morgan fingerprint density at radius 1 is 0.963 bits per heavy atom. The number of nitrogens with zero attached hydrogens (tertiary/aromatic N) is 1. The van der Waals surface area contributed by atoms with E-state index in [0.29, 0.717) is 12.3 Å². The van der Waals surface area contributed by atoms with Gasteiger partial charge < -0.3 is 15.0 Å². The first-order valence-electron chi connectivity index (χ1n) is 9.41. The maximum absolute atomic E-state index is 12.7. The second kappa shape index (κ2) is 9.76. The van der Waals surface area contributed by atoms with Crippen LogP contribution in [0.25, 0.3) is 0 Å². The third-order valence-corrected chi connectivity index (χ3v) is 4.40. The van der Waals surface area contributed by atoms with Gasteiger partial charge in [0.15, 0.2) is 0 Å². The molecule has 2 aromatic carbocycles. The van der Waals surface area contributed by atoms with Crippen molar-refractivity contribution >= 4 is 23.2 Å². The highest BCUT2D eigenvalue weighted by Crippen LogP contribution is 2.23. The minimum Gasteiger partial charge on any atom is -0.494 e. The fourth-order valence-corrected chi connectivity index (χ4v) is 3.00. The summed E-state index contributed by atoms with van der Waals surface area (Å²) in [6.45, 7) is 8.04. The molecule has 0 bridgehead atoms. The highest BCUT2D eigenvalue weighted by Gasteiger charge is 2.17. The van der Waals surface area contributed by atoms with Crippen LogP contribution in [-0.2, 0) is 22.4 Å². The Morgan fingerprint density at radius 3 is 2.04 bits per heavy atom. The van der Waals surface area contributed by atoms with Crippen molar-refractivity contribution in [3.8, 4) is 5.75 Å². The lowest BCUT2D eigenvalue weighted by Crippen LogP contribution is -2.37. The van der Waals surface area contributed by atoms with Crippen molar-refractivity contribution in [2.24, 2.45) is 0 Å². The predicted molar refractivity (Wildman–Crippen MR) is 109 cm³/mol. The number of aryl methyl sites for hydroxylation is 2. The molecule has 27 heavy (non-hydrogen) atoms. The van der Waals surface area contributed by atoms with E-state index in [1.165, 1.54) is 11.8 Å². The van der Waals surface area contributed by atoms with E-state index in [4.69, 9.17) is 4.74 Å². The maximum atomic E-state index is 12.7. The molecule has 5 heteroatoms. The van der Waals surface area contributed by atoms with E-state index in [-0.39, 0.29) is 18.4 Å². The van der Waals surface area contributed by atoms with Crippen LogP contribution in [-0.4, -0.2) is 25.0 Å². The molecule has 0 aliphatic heterocycles. The van der Waals surface area contributed by atoms with Crippen LogP contribution in [0.4, 0.5) is 11.4 Å². The Balaban J connectivity index is 2.17. The zero-order valence-corrected chi connectivity index (χ0v) is 16.5. The van der Waals surface area contributed by atoms with E-state index < -0.39 is 0 Å². The fraction of sp³-hybridized carbons (Fsp3) is 0.364. The lowest BCUT2D eigenvalue weighted by Gasteiger charge is -2.22. The number of hydrogen-bond donors (Lipinski definition) is 1. The van der Waals surface area contributed by atoms with Crippen molar-refractivity contribution in [3.63, 3.8) is 0 Å². The highest BCUT2D eigenvalue weighted by atomic mass is 16.5. The molecule has 144 valence electrons. The second-order valence-electron chi connectivity index (χ2n) is 6.24. The Labute approximate surface area is 161 Å². The van der Waals surface area contributed by atoms with Crippen molar-refractivity contribution in [3.05, 3.63) is 53.6 Å². The normalized spacial score (nSPS) is 10.4. The maximum Gasteiger partial charge on any atom is 0.244 e. The lowest BCUT2D eigenvalue weighted by molar-refractivity contribution is -0.120. The van der Waals surface area contributed by atoms with Crippen molar-refractivity contribution in [1.82, 2.24) is 0 Å². The molecule has 5 nitrogen and oxygen atoms in total. The molecule has 0 unspecified atom stereocenters. The molecular formula is C22H28N2O3. The van der Waals surface area contributed by atoms with Gasteiger partial charge in [0.25, 0.3) is 0 Å². The monoisotopic (exact) mass is 368 g/mol. The standard InChI is InChI=1S/C22H28N2O3/c1-5-17-9-8-10-18(6-2)22(17)23-21(26)15-24(16(4)25)19-11-13-20(14-12-19)27-7-3/h8-14H,5-7,15H2,1-4H3,(H,23,26). The molecule has 2 aromatic rings. The Kier molecular flexibility index (Phi) is 7.41. The molecule has 0 aliphatic carbocycles. The number of nitrogens with one attached hydrogen (secondary N) is 1. The molecule has 0 fully saturated rings. The van der Waals surface area contributed by atoms with Gasteiger partial charge in [-0.25, -0.2) is 0 Å². The van der Waals surface area contributed by atoms with E-state index >= 15 is 0 Å². The van der Waals surface area contributed by atoms with Crippen LogP contribution in [0.15, 0.2) is 42.5 Å². The van der Waals surface area contributed by atoms with Crippen LogP contribution in [0.1, 0.15) is 38.8 Å². The zero-order valence-electron chi connectivity index (χ0n) is 16.5. The third-order valence-electron chi connectivity index (χ3n) is 4.40. The van der Waals surface area contributed by atoms with Crippen molar-refractivity contribution < 1.29 is 14.3 Å². The summed E-state index contributed by atoms with van der Waals surface area (Å²) in [5.74, 6) is 0.335. The number of carbonyl (C=O) groups excluding carboxylic acids is 2. The van der Waals surface area contributed by atoms with Gasteiger partial charge in [0.05, 0.1) is 6.61 Å². The number of hydrogen-bond acceptors (Lipinski definition) is 3. The molecule has 0 aromatic heterocycles. The topological polar surface area (TPSA) is 58.6 Å². The quantitative estimate of drug-likeness (QED) is 0.760. The Bertz CT molecular complexity index is 762. The van der Waals surface area contributed by atoms with E-state index in [1.807, 2.05) is 25.1 Å². The van der Waals surface area contributed by atoms with Crippen LogP contribution >= 0.6 is 0 Å². The van der Waals surface area contributed by atoms with Gasteiger partial charge in [-0.3, -0.25) is 9.59 Å². The molecule has 0 heterocycles. The molecule has 2 amide bonds. The molecule has 0 spiro atoms. The summed E-state index contributed by atoms with van der Waals surface area (Å²) >= 11 is 0. The van der Waals surface area contributed by atoms with E-state index in [0.717, 1.165) is 35.4 Å². The largest absolute Gasteiger partial charge is 0.494 e.